The number of hydrogen-bond donors (Lipinski definition) is 1. The average Bonchev–Trinajstić information content (AvgIpc) is 3.04. The minimum Gasteiger partial charge on any atom is -0.487 e. The summed E-state index contributed by atoms with van der Waals surface area (Å²) in [5, 5.41) is 4.13. The second-order valence-electron chi connectivity index (χ2n) is 10.4. The second kappa shape index (κ2) is 14.0. The van der Waals surface area contributed by atoms with Crippen LogP contribution in [0.4, 0.5) is 29.1 Å². The van der Waals surface area contributed by atoms with E-state index in [1.54, 1.807) is 42.5 Å². The lowest BCUT2D eigenvalue weighted by Gasteiger charge is -2.26. The van der Waals surface area contributed by atoms with Crippen molar-refractivity contribution in [3.8, 4) is 16.9 Å². The van der Waals surface area contributed by atoms with Gasteiger partial charge in [-0.25, -0.2) is 22.8 Å². The van der Waals surface area contributed by atoms with Crippen LogP contribution in [0.15, 0.2) is 90.1 Å². The third kappa shape index (κ3) is 7.60. The molecule has 0 amide bonds. The van der Waals surface area contributed by atoms with Gasteiger partial charge in [0.15, 0.2) is 0 Å². The van der Waals surface area contributed by atoms with Gasteiger partial charge in [0.05, 0.1) is 34.2 Å². The molecule has 0 radical (unpaired) electrons. The maximum absolute atomic E-state index is 13.9. The molecular formula is C32H26Cl2F4N4O4S. The number of rotatable bonds is 8. The number of hydrogen-bond acceptors (Lipinski definition) is 7. The number of anilines is 2. The van der Waals surface area contributed by atoms with E-state index in [-0.39, 0.29) is 40.2 Å². The predicted molar refractivity (Wildman–Crippen MR) is 172 cm³/mol. The summed E-state index contributed by atoms with van der Waals surface area (Å²) in [7, 11) is -3.62. The number of nitrogens with zero attached hydrogens (tertiary/aromatic N) is 3. The van der Waals surface area contributed by atoms with Gasteiger partial charge in [-0.1, -0.05) is 35.9 Å². The molecule has 1 N–H and O–H groups in total. The summed E-state index contributed by atoms with van der Waals surface area (Å²) in [5.41, 5.74) is 1.73. The van der Waals surface area contributed by atoms with Gasteiger partial charge >= 0.3 is 6.18 Å². The van der Waals surface area contributed by atoms with Crippen molar-refractivity contribution < 1.29 is 35.5 Å². The second-order valence-corrected chi connectivity index (χ2v) is 12.7. The first-order valence-corrected chi connectivity index (χ1v) is 15.8. The van der Waals surface area contributed by atoms with E-state index in [0.29, 0.717) is 54.8 Å². The van der Waals surface area contributed by atoms with E-state index >= 15 is 0 Å². The zero-order chi connectivity index (χ0) is 32.5. The van der Waals surface area contributed by atoms with E-state index < -0.39 is 27.6 Å². The van der Waals surface area contributed by atoms with E-state index in [1.165, 1.54) is 10.6 Å². The standard InChI is InChI=1S/C32H25ClF4N4O4S.ClH/c33-27-17-23(5-10-30(27)45-18-20-1-8-26(28(34)15-20)32(35,36)37)40-31-25-16-22(4-9-29(25)38-19-39-31)21-2-6-24(7-3-21)46(42,43)41-11-13-44-14-12-41;/h1-10,15-17,19H,11-14,18H2,(H,38,39,40);1H. The van der Waals surface area contributed by atoms with Gasteiger partial charge in [0, 0.05) is 24.2 Å². The molecule has 15 heteroatoms. The molecule has 0 unspecified atom stereocenters. The molecule has 0 bridgehead atoms. The van der Waals surface area contributed by atoms with Crippen molar-refractivity contribution in [2.75, 3.05) is 31.6 Å². The maximum Gasteiger partial charge on any atom is 0.419 e. The van der Waals surface area contributed by atoms with Crippen molar-refractivity contribution in [1.29, 1.82) is 0 Å². The molecule has 1 aliphatic heterocycles. The lowest BCUT2D eigenvalue weighted by Crippen LogP contribution is -2.40. The van der Waals surface area contributed by atoms with Crippen molar-refractivity contribution in [2.24, 2.45) is 0 Å². The molecule has 0 aliphatic carbocycles. The summed E-state index contributed by atoms with van der Waals surface area (Å²) in [6, 6.07) is 19.7. The molecule has 246 valence electrons. The van der Waals surface area contributed by atoms with E-state index in [9.17, 15) is 26.0 Å². The SMILES string of the molecule is Cl.O=S(=O)(c1ccc(-c2ccc3ncnc(Nc4ccc(OCc5ccc(C(F)(F)F)c(F)c5)c(Cl)c4)c3c2)cc1)N1CCOCC1. The minimum atomic E-state index is -4.79. The van der Waals surface area contributed by atoms with E-state index in [4.69, 9.17) is 21.1 Å². The Bertz CT molecular complexity index is 2010. The zero-order valence-corrected chi connectivity index (χ0v) is 26.7. The summed E-state index contributed by atoms with van der Waals surface area (Å²) in [5.74, 6) is -0.641. The van der Waals surface area contributed by atoms with E-state index in [1.807, 2.05) is 18.2 Å². The van der Waals surface area contributed by atoms with Crippen LogP contribution >= 0.6 is 24.0 Å². The van der Waals surface area contributed by atoms with Gasteiger partial charge in [-0.3, -0.25) is 0 Å². The van der Waals surface area contributed by atoms with Crippen LogP contribution in [0, 0.1) is 5.82 Å². The van der Waals surface area contributed by atoms with Crippen molar-refractivity contribution in [1.82, 2.24) is 14.3 Å². The first kappa shape index (κ1) is 34.3. The fraction of sp³-hybridized carbons (Fsp3) is 0.188. The number of morpholine rings is 1. The summed E-state index contributed by atoms with van der Waals surface area (Å²) in [4.78, 5) is 8.94. The largest absolute Gasteiger partial charge is 0.487 e. The Kier molecular flexibility index (Phi) is 10.2. The van der Waals surface area contributed by atoms with Crippen LogP contribution < -0.4 is 10.1 Å². The molecule has 0 saturated carbocycles. The Morgan fingerprint density at radius 1 is 0.915 bits per heavy atom. The van der Waals surface area contributed by atoms with Crippen LogP contribution in [0.25, 0.3) is 22.0 Å². The third-order valence-corrected chi connectivity index (χ3v) is 9.57. The Balaban J connectivity index is 0.00000433. The number of halogens is 6. The molecule has 1 aliphatic rings. The van der Waals surface area contributed by atoms with Crippen molar-refractivity contribution >= 4 is 56.4 Å². The van der Waals surface area contributed by atoms with E-state index in [0.717, 1.165) is 23.3 Å². The number of benzene rings is 4. The molecule has 1 fully saturated rings. The molecule has 0 atom stereocenters. The Morgan fingerprint density at radius 3 is 2.32 bits per heavy atom. The van der Waals surface area contributed by atoms with Crippen LogP contribution in [0.3, 0.4) is 0 Å². The lowest BCUT2D eigenvalue weighted by atomic mass is 10.0. The Hall–Kier alpha value is -4.01. The van der Waals surface area contributed by atoms with Crippen LogP contribution in [0.1, 0.15) is 11.1 Å². The van der Waals surface area contributed by atoms with Gasteiger partial charge in [-0.2, -0.15) is 17.5 Å². The summed E-state index contributed by atoms with van der Waals surface area (Å²) in [6.07, 6.45) is -3.37. The maximum atomic E-state index is 13.9. The smallest absolute Gasteiger partial charge is 0.419 e. The highest BCUT2D eigenvalue weighted by Gasteiger charge is 2.34. The summed E-state index contributed by atoms with van der Waals surface area (Å²) >= 11 is 6.42. The molecular weight excluding hydrogens is 683 g/mol. The van der Waals surface area contributed by atoms with Gasteiger partial charge in [0.2, 0.25) is 10.0 Å². The summed E-state index contributed by atoms with van der Waals surface area (Å²) in [6.45, 7) is 1.17. The molecule has 0 spiro atoms. The molecule has 5 aromatic rings. The topological polar surface area (TPSA) is 93.7 Å². The van der Waals surface area contributed by atoms with Gasteiger partial charge in [-0.15, -0.1) is 12.4 Å². The highest BCUT2D eigenvalue weighted by Crippen LogP contribution is 2.34. The predicted octanol–water partition coefficient (Wildman–Crippen LogP) is 7.87. The number of fused-ring (bicyclic) bond motifs is 1. The van der Waals surface area contributed by atoms with Crippen molar-refractivity contribution in [3.05, 3.63) is 107 Å². The van der Waals surface area contributed by atoms with Crippen LogP contribution in [0.5, 0.6) is 5.75 Å². The molecule has 4 aromatic carbocycles. The Labute approximate surface area is 278 Å². The average molecular weight is 710 g/mol. The van der Waals surface area contributed by atoms with Gasteiger partial charge in [0.25, 0.3) is 0 Å². The number of ether oxygens (including phenoxy) is 2. The summed E-state index contributed by atoms with van der Waals surface area (Å²) < 4.78 is 90.8. The highest BCUT2D eigenvalue weighted by molar-refractivity contribution is 7.89. The number of alkyl halides is 3. The number of sulfonamides is 1. The third-order valence-electron chi connectivity index (χ3n) is 7.36. The molecule has 6 rings (SSSR count). The fourth-order valence-corrected chi connectivity index (χ4v) is 6.61. The molecule has 8 nitrogen and oxygen atoms in total. The Morgan fingerprint density at radius 2 is 1.64 bits per heavy atom. The van der Waals surface area contributed by atoms with Gasteiger partial charge < -0.3 is 14.8 Å². The van der Waals surface area contributed by atoms with Gasteiger partial charge in [-0.05, 0) is 71.3 Å². The van der Waals surface area contributed by atoms with E-state index in [2.05, 4.69) is 15.3 Å². The number of aromatic nitrogens is 2. The quantitative estimate of drug-likeness (QED) is 0.164. The number of nitrogens with one attached hydrogen (secondary N) is 1. The van der Waals surface area contributed by atoms with Crippen molar-refractivity contribution in [2.45, 2.75) is 17.7 Å². The molecule has 47 heavy (non-hydrogen) atoms. The minimum absolute atomic E-state index is 0. The lowest BCUT2D eigenvalue weighted by molar-refractivity contribution is -0.140. The van der Waals surface area contributed by atoms with Gasteiger partial charge in [0.1, 0.15) is 30.3 Å². The fourth-order valence-electron chi connectivity index (χ4n) is 4.96. The molecule has 2 heterocycles. The first-order chi connectivity index (χ1) is 22.0. The molecule has 1 aromatic heterocycles. The monoisotopic (exact) mass is 708 g/mol. The first-order valence-electron chi connectivity index (χ1n) is 14.0. The van der Waals surface area contributed by atoms with Crippen LogP contribution in [-0.2, 0) is 27.5 Å². The zero-order valence-electron chi connectivity index (χ0n) is 24.3. The van der Waals surface area contributed by atoms with Crippen LogP contribution in [0.2, 0.25) is 5.02 Å². The van der Waals surface area contributed by atoms with Crippen LogP contribution in [-0.4, -0.2) is 49.0 Å². The highest BCUT2D eigenvalue weighted by atomic mass is 35.5. The van der Waals surface area contributed by atoms with Crippen molar-refractivity contribution in [3.63, 3.8) is 0 Å². The normalized spacial score (nSPS) is 14.1. The molecule has 1 saturated heterocycles.